The van der Waals surface area contributed by atoms with Crippen LogP contribution in [-0.4, -0.2) is 29.0 Å². The molecule has 2 rings (SSSR count). The minimum atomic E-state index is -0.330. The lowest BCUT2D eigenvalue weighted by Gasteiger charge is -2.21. The molecule has 0 saturated heterocycles. The van der Waals surface area contributed by atoms with Gasteiger partial charge in [-0.3, -0.25) is 9.78 Å². The maximum absolute atomic E-state index is 11.9. The molecule has 0 spiro atoms. The molecule has 122 valence electrons. The van der Waals surface area contributed by atoms with Crippen LogP contribution in [0.1, 0.15) is 19.4 Å². The van der Waals surface area contributed by atoms with Gasteiger partial charge in [-0.1, -0.05) is 44.2 Å². The maximum atomic E-state index is 11.9. The minimum Gasteiger partial charge on any atom is -0.357 e. The molecule has 0 aliphatic carbocycles. The summed E-state index contributed by atoms with van der Waals surface area (Å²) in [5.74, 6) is 1.55. The topological polar surface area (TPSA) is 66.9 Å². The zero-order valence-electron chi connectivity index (χ0n) is 13.6. The van der Waals surface area contributed by atoms with E-state index in [2.05, 4.69) is 32.7 Å². The van der Waals surface area contributed by atoms with Crippen molar-refractivity contribution in [2.24, 2.45) is 5.92 Å². The molecule has 0 aliphatic rings. The zero-order valence-corrected chi connectivity index (χ0v) is 14.4. The molecule has 1 atom stereocenters. The van der Waals surface area contributed by atoms with Gasteiger partial charge in [0, 0.05) is 12.8 Å². The van der Waals surface area contributed by atoms with E-state index in [-0.39, 0.29) is 17.9 Å². The lowest BCUT2D eigenvalue weighted by Crippen LogP contribution is -2.41. The number of hydrogen-bond donors (Lipinski definition) is 2. The summed E-state index contributed by atoms with van der Waals surface area (Å²) in [5, 5.41) is 6.67. The molecule has 0 fully saturated rings. The fourth-order valence-corrected chi connectivity index (χ4v) is 2.87. The van der Waals surface area contributed by atoms with Gasteiger partial charge >= 0.3 is 0 Å². The molecule has 2 N–H and O–H groups in total. The normalized spacial score (nSPS) is 12.0. The highest BCUT2D eigenvalue weighted by atomic mass is 32.2. The van der Waals surface area contributed by atoms with Gasteiger partial charge in [0.25, 0.3) is 0 Å². The largest absolute Gasteiger partial charge is 0.357 e. The van der Waals surface area contributed by atoms with Crippen LogP contribution in [0.5, 0.6) is 0 Å². The third-order valence-corrected chi connectivity index (χ3v) is 4.31. The Balaban J connectivity index is 2.02. The Morgan fingerprint density at radius 3 is 2.61 bits per heavy atom. The molecule has 0 radical (unpaired) electrons. The average molecular weight is 330 g/mol. The highest BCUT2D eigenvalue weighted by Crippen LogP contribution is 2.21. The number of aromatic nitrogens is 2. The Labute approximate surface area is 141 Å². The van der Waals surface area contributed by atoms with E-state index in [9.17, 15) is 4.79 Å². The Bertz CT molecular complexity index is 634. The number of carbonyl (C=O) groups is 1. The Morgan fingerprint density at radius 2 is 1.96 bits per heavy atom. The van der Waals surface area contributed by atoms with Crippen LogP contribution in [0.4, 0.5) is 5.82 Å². The van der Waals surface area contributed by atoms with E-state index < -0.39 is 0 Å². The molecule has 1 heterocycles. The van der Waals surface area contributed by atoms with Crippen LogP contribution < -0.4 is 10.6 Å². The maximum Gasteiger partial charge on any atom is 0.242 e. The van der Waals surface area contributed by atoms with Crippen LogP contribution in [0.15, 0.2) is 47.8 Å². The second-order valence-corrected chi connectivity index (χ2v) is 6.49. The van der Waals surface area contributed by atoms with Crippen molar-refractivity contribution in [3.8, 4) is 0 Å². The van der Waals surface area contributed by atoms with Crippen molar-refractivity contribution in [3.05, 3.63) is 48.3 Å². The number of nitrogens with zero attached hydrogens (tertiary/aromatic N) is 2. The number of nitrogens with one attached hydrogen (secondary N) is 2. The molecule has 5 nitrogen and oxygen atoms in total. The summed E-state index contributed by atoms with van der Waals surface area (Å²) in [7, 11) is 1.64. The molecular formula is C17H22N4OS. The number of amides is 1. The first kappa shape index (κ1) is 17.3. The Kier molecular flexibility index (Phi) is 6.40. The van der Waals surface area contributed by atoms with Crippen LogP contribution in [0.2, 0.25) is 0 Å². The van der Waals surface area contributed by atoms with Gasteiger partial charge in [-0.15, -0.1) is 11.8 Å². The van der Waals surface area contributed by atoms with E-state index in [0.29, 0.717) is 5.82 Å². The summed E-state index contributed by atoms with van der Waals surface area (Å²) in [6.07, 6.45) is 3.38. The summed E-state index contributed by atoms with van der Waals surface area (Å²) in [4.78, 5) is 20.7. The van der Waals surface area contributed by atoms with Crippen molar-refractivity contribution in [3.63, 3.8) is 0 Å². The van der Waals surface area contributed by atoms with Gasteiger partial charge in [0.05, 0.1) is 12.4 Å². The van der Waals surface area contributed by atoms with Crippen molar-refractivity contribution < 1.29 is 4.79 Å². The molecule has 1 unspecified atom stereocenters. The second-order valence-electron chi connectivity index (χ2n) is 5.50. The summed E-state index contributed by atoms with van der Waals surface area (Å²) >= 11 is 1.62. The summed E-state index contributed by atoms with van der Waals surface area (Å²) in [6, 6.07) is 9.89. The van der Waals surface area contributed by atoms with Gasteiger partial charge in [0.2, 0.25) is 5.91 Å². The van der Waals surface area contributed by atoms with Crippen molar-refractivity contribution in [2.75, 3.05) is 12.4 Å². The Hall–Kier alpha value is -2.08. The van der Waals surface area contributed by atoms with Gasteiger partial charge in [-0.2, -0.15) is 0 Å². The van der Waals surface area contributed by atoms with Crippen LogP contribution in [0.3, 0.4) is 0 Å². The van der Waals surface area contributed by atoms with Crippen molar-refractivity contribution in [2.45, 2.75) is 30.7 Å². The summed E-state index contributed by atoms with van der Waals surface area (Å²) in [5.41, 5.74) is 1.24. The molecule has 0 saturated carbocycles. The third kappa shape index (κ3) is 5.25. The molecule has 0 aliphatic heterocycles. The molecule has 1 aromatic carbocycles. The smallest absolute Gasteiger partial charge is 0.242 e. The van der Waals surface area contributed by atoms with Gasteiger partial charge in [0.1, 0.15) is 16.9 Å². The van der Waals surface area contributed by atoms with Gasteiger partial charge < -0.3 is 10.6 Å². The minimum absolute atomic E-state index is 0.0517. The highest BCUT2D eigenvalue weighted by Gasteiger charge is 2.21. The van der Waals surface area contributed by atoms with Crippen LogP contribution >= 0.6 is 11.8 Å². The summed E-state index contributed by atoms with van der Waals surface area (Å²) in [6.45, 7) is 3.99. The molecule has 1 amide bonds. The number of anilines is 1. The molecule has 23 heavy (non-hydrogen) atoms. The number of thioether (sulfide) groups is 1. The van der Waals surface area contributed by atoms with Crippen LogP contribution in [0, 0.1) is 5.92 Å². The first-order chi connectivity index (χ1) is 11.1. The number of rotatable bonds is 7. The van der Waals surface area contributed by atoms with E-state index >= 15 is 0 Å². The van der Waals surface area contributed by atoms with Crippen molar-refractivity contribution in [1.29, 1.82) is 0 Å². The van der Waals surface area contributed by atoms with Gasteiger partial charge in [0.15, 0.2) is 0 Å². The van der Waals surface area contributed by atoms with Crippen molar-refractivity contribution in [1.82, 2.24) is 15.3 Å². The molecule has 2 aromatic rings. The van der Waals surface area contributed by atoms with E-state index in [1.165, 1.54) is 5.56 Å². The van der Waals surface area contributed by atoms with E-state index in [4.69, 9.17) is 0 Å². The lowest BCUT2D eigenvalue weighted by atomic mass is 10.0. The third-order valence-electron chi connectivity index (χ3n) is 3.34. The standard InChI is InChI=1S/C17H22N4OS/c1-12(2)16(17(22)18-3)21-14-9-19-10-15(20-14)23-11-13-7-5-4-6-8-13/h4-10,12,16H,11H2,1-3H3,(H,18,22)(H,20,21). The predicted molar refractivity (Wildman–Crippen MR) is 94.4 cm³/mol. The molecule has 6 heteroatoms. The number of hydrogen-bond acceptors (Lipinski definition) is 5. The molecule has 1 aromatic heterocycles. The van der Waals surface area contributed by atoms with E-state index in [1.807, 2.05) is 32.0 Å². The average Bonchev–Trinajstić information content (AvgIpc) is 2.58. The first-order valence-corrected chi connectivity index (χ1v) is 8.55. The van der Waals surface area contributed by atoms with E-state index in [1.54, 1.807) is 31.2 Å². The SMILES string of the molecule is CNC(=O)C(Nc1cncc(SCc2ccccc2)n1)C(C)C. The predicted octanol–water partition coefficient (Wildman–Crippen LogP) is 2.95. The molecular weight excluding hydrogens is 308 g/mol. The first-order valence-electron chi connectivity index (χ1n) is 7.57. The molecule has 0 bridgehead atoms. The van der Waals surface area contributed by atoms with Crippen molar-refractivity contribution >= 4 is 23.5 Å². The fraction of sp³-hybridized carbons (Fsp3) is 0.353. The van der Waals surface area contributed by atoms with Crippen LogP contribution in [-0.2, 0) is 10.5 Å². The lowest BCUT2D eigenvalue weighted by molar-refractivity contribution is -0.122. The monoisotopic (exact) mass is 330 g/mol. The summed E-state index contributed by atoms with van der Waals surface area (Å²) < 4.78 is 0. The fourth-order valence-electron chi connectivity index (χ4n) is 2.07. The number of likely N-dealkylation sites (N-methyl/N-ethyl adjacent to an activating group) is 1. The second kappa shape index (κ2) is 8.53. The quantitative estimate of drug-likeness (QED) is 0.764. The number of carbonyl (C=O) groups excluding carboxylic acids is 1. The van der Waals surface area contributed by atoms with E-state index in [0.717, 1.165) is 10.8 Å². The van der Waals surface area contributed by atoms with Crippen LogP contribution in [0.25, 0.3) is 0 Å². The van der Waals surface area contributed by atoms with Gasteiger partial charge in [-0.05, 0) is 11.5 Å². The Morgan fingerprint density at radius 1 is 1.22 bits per heavy atom. The van der Waals surface area contributed by atoms with Gasteiger partial charge in [-0.25, -0.2) is 4.98 Å². The number of benzene rings is 1. The zero-order chi connectivity index (χ0) is 16.7. The highest BCUT2D eigenvalue weighted by molar-refractivity contribution is 7.98.